The fourth-order valence-electron chi connectivity index (χ4n) is 1.92. The molecule has 0 saturated carbocycles. The van der Waals surface area contributed by atoms with Crippen molar-refractivity contribution in [3.63, 3.8) is 0 Å². The molecule has 0 heterocycles. The van der Waals surface area contributed by atoms with Crippen molar-refractivity contribution >= 4 is 29.2 Å². The number of halogens is 2. The summed E-state index contributed by atoms with van der Waals surface area (Å²) in [6.45, 7) is 3.97. The van der Waals surface area contributed by atoms with E-state index in [9.17, 15) is 9.90 Å². The van der Waals surface area contributed by atoms with Crippen LogP contribution in [-0.2, 0) is 9.53 Å². The summed E-state index contributed by atoms with van der Waals surface area (Å²) in [4.78, 5) is 11.9. The Morgan fingerprint density at radius 3 is 2.63 bits per heavy atom. The topological polar surface area (TPSA) is 46.5 Å². The Morgan fingerprint density at radius 1 is 1.37 bits per heavy atom. The molecule has 0 bridgehead atoms. The highest BCUT2D eigenvalue weighted by atomic mass is 35.5. The summed E-state index contributed by atoms with van der Waals surface area (Å²) in [5.74, 6) is -1.03. The van der Waals surface area contributed by atoms with Gasteiger partial charge >= 0.3 is 5.97 Å². The average molecular weight is 305 g/mol. The molecular formula is C14H18Cl2O3. The van der Waals surface area contributed by atoms with Gasteiger partial charge in [-0.1, -0.05) is 36.5 Å². The second-order valence-corrected chi connectivity index (χ2v) is 5.10. The average Bonchev–Trinajstić information content (AvgIpc) is 2.38. The van der Waals surface area contributed by atoms with Gasteiger partial charge in [-0.25, -0.2) is 0 Å². The van der Waals surface area contributed by atoms with E-state index in [1.165, 1.54) is 0 Å². The van der Waals surface area contributed by atoms with Crippen LogP contribution in [0.4, 0.5) is 0 Å². The first-order chi connectivity index (χ1) is 9.01. The fraction of sp³-hybridized carbons (Fsp3) is 0.500. The molecule has 2 atom stereocenters. The molecule has 106 valence electrons. The van der Waals surface area contributed by atoms with Crippen LogP contribution in [-0.4, -0.2) is 17.7 Å². The van der Waals surface area contributed by atoms with Gasteiger partial charge in [0.25, 0.3) is 0 Å². The normalized spacial score (nSPS) is 13.9. The number of carbonyl (C=O) groups is 1. The lowest BCUT2D eigenvalue weighted by Gasteiger charge is -2.22. The van der Waals surface area contributed by atoms with Gasteiger partial charge < -0.3 is 9.84 Å². The lowest BCUT2D eigenvalue weighted by Crippen LogP contribution is -2.24. The number of hydrogen-bond donors (Lipinski definition) is 1. The molecule has 0 saturated heterocycles. The Bertz CT molecular complexity index is 435. The van der Waals surface area contributed by atoms with Crippen molar-refractivity contribution in [3.8, 4) is 0 Å². The fourth-order valence-corrected chi connectivity index (χ4v) is 2.33. The van der Waals surface area contributed by atoms with Crippen LogP contribution in [0.1, 0.15) is 38.4 Å². The lowest BCUT2D eigenvalue weighted by molar-refractivity contribution is -0.152. The summed E-state index contributed by atoms with van der Waals surface area (Å²) < 4.78 is 4.99. The molecule has 0 amide bonds. The van der Waals surface area contributed by atoms with E-state index in [0.717, 1.165) is 6.42 Å². The number of carbonyl (C=O) groups excluding carboxylic acids is 1. The van der Waals surface area contributed by atoms with Crippen molar-refractivity contribution in [3.05, 3.63) is 33.8 Å². The number of esters is 1. The summed E-state index contributed by atoms with van der Waals surface area (Å²) in [5, 5.41) is 11.2. The maximum atomic E-state index is 11.9. The molecule has 1 N–H and O–H groups in total. The zero-order valence-corrected chi connectivity index (χ0v) is 12.5. The molecule has 0 aliphatic rings. The van der Waals surface area contributed by atoms with Crippen LogP contribution in [0.25, 0.3) is 0 Å². The van der Waals surface area contributed by atoms with E-state index >= 15 is 0 Å². The van der Waals surface area contributed by atoms with Gasteiger partial charge in [0.1, 0.15) is 0 Å². The molecule has 0 fully saturated rings. The van der Waals surface area contributed by atoms with E-state index in [-0.39, 0.29) is 6.61 Å². The van der Waals surface area contributed by atoms with Gasteiger partial charge in [-0.15, -0.1) is 0 Å². The minimum absolute atomic E-state index is 0.287. The Hall–Kier alpha value is -0.770. The first kappa shape index (κ1) is 16.3. The minimum Gasteiger partial charge on any atom is -0.466 e. The van der Waals surface area contributed by atoms with E-state index in [0.29, 0.717) is 22.0 Å². The minimum atomic E-state index is -1.01. The molecule has 0 radical (unpaired) electrons. The van der Waals surface area contributed by atoms with Crippen molar-refractivity contribution < 1.29 is 14.6 Å². The van der Waals surface area contributed by atoms with E-state index in [1.807, 2.05) is 6.92 Å². The number of ether oxygens (including phenoxy) is 1. The quantitative estimate of drug-likeness (QED) is 0.808. The van der Waals surface area contributed by atoms with Crippen LogP contribution in [0, 0.1) is 5.92 Å². The Morgan fingerprint density at radius 2 is 2.05 bits per heavy atom. The van der Waals surface area contributed by atoms with Crippen molar-refractivity contribution in [2.24, 2.45) is 5.92 Å². The van der Waals surface area contributed by atoms with Gasteiger partial charge in [0.2, 0.25) is 0 Å². The third-order valence-corrected chi connectivity index (χ3v) is 3.43. The van der Waals surface area contributed by atoms with Crippen LogP contribution in [0.5, 0.6) is 0 Å². The summed E-state index contributed by atoms with van der Waals surface area (Å²) in [7, 11) is 0. The van der Waals surface area contributed by atoms with Crippen molar-refractivity contribution in [2.75, 3.05) is 6.61 Å². The van der Waals surface area contributed by atoms with Crippen LogP contribution in [0.2, 0.25) is 10.0 Å². The smallest absolute Gasteiger partial charge is 0.311 e. The van der Waals surface area contributed by atoms with E-state index in [4.69, 9.17) is 27.9 Å². The molecule has 0 aliphatic heterocycles. The molecule has 1 rings (SSSR count). The van der Waals surface area contributed by atoms with Crippen LogP contribution in [0.3, 0.4) is 0 Å². The Balaban J connectivity index is 3.01. The third kappa shape index (κ3) is 4.37. The van der Waals surface area contributed by atoms with E-state index < -0.39 is 18.0 Å². The van der Waals surface area contributed by atoms with Gasteiger partial charge in [-0.3, -0.25) is 4.79 Å². The number of hydrogen-bond acceptors (Lipinski definition) is 3. The molecule has 3 nitrogen and oxygen atoms in total. The van der Waals surface area contributed by atoms with Gasteiger partial charge in [0.05, 0.1) is 18.6 Å². The molecule has 0 aromatic heterocycles. The highest BCUT2D eigenvalue weighted by Crippen LogP contribution is 2.33. The first-order valence-corrected chi connectivity index (χ1v) is 7.06. The third-order valence-electron chi connectivity index (χ3n) is 2.85. The monoisotopic (exact) mass is 304 g/mol. The SMILES string of the molecule is CCCC(C(=O)OCC)C(O)c1cc(Cl)ccc1Cl. The zero-order valence-electron chi connectivity index (χ0n) is 11.0. The van der Waals surface area contributed by atoms with Crippen LogP contribution >= 0.6 is 23.2 Å². The van der Waals surface area contributed by atoms with Crippen molar-refractivity contribution in [2.45, 2.75) is 32.8 Å². The molecule has 19 heavy (non-hydrogen) atoms. The number of aliphatic hydroxyl groups is 1. The summed E-state index contributed by atoms with van der Waals surface area (Å²) in [5.41, 5.74) is 0.459. The Labute approximate surface area is 123 Å². The predicted octanol–water partition coefficient (Wildman–Crippen LogP) is 4.01. The van der Waals surface area contributed by atoms with Gasteiger partial charge in [0.15, 0.2) is 0 Å². The maximum absolute atomic E-state index is 11.9. The molecule has 1 aromatic carbocycles. The highest BCUT2D eigenvalue weighted by molar-refractivity contribution is 6.33. The standard InChI is InChI=1S/C14H18Cl2O3/c1-3-5-10(14(18)19-4-2)13(17)11-8-9(15)6-7-12(11)16/h6-8,10,13,17H,3-5H2,1-2H3. The molecule has 1 aromatic rings. The van der Waals surface area contributed by atoms with Gasteiger partial charge in [-0.2, -0.15) is 0 Å². The van der Waals surface area contributed by atoms with Gasteiger partial charge in [0, 0.05) is 15.6 Å². The second-order valence-electron chi connectivity index (χ2n) is 4.26. The summed E-state index contributed by atoms with van der Waals surface area (Å²) in [6, 6.07) is 4.83. The van der Waals surface area contributed by atoms with Crippen molar-refractivity contribution in [1.29, 1.82) is 0 Å². The van der Waals surface area contributed by atoms with E-state index in [1.54, 1.807) is 25.1 Å². The largest absolute Gasteiger partial charge is 0.466 e. The maximum Gasteiger partial charge on any atom is 0.311 e. The Kier molecular flexibility index (Phi) is 6.63. The van der Waals surface area contributed by atoms with Crippen LogP contribution in [0.15, 0.2) is 18.2 Å². The van der Waals surface area contributed by atoms with E-state index in [2.05, 4.69) is 0 Å². The molecular weight excluding hydrogens is 287 g/mol. The molecule has 0 aliphatic carbocycles. The summed E-state index contributed by atoms with van der Waals surface area (Å²) >= 11 is 11.9. The molecule has 0 spiro atoms. The zero-order chi connectivity index (χ0) is 14.4. The van der Waals surface area contributed by atoms with Gasteiger partial charge in [-0.05, 0) is 31.5 Å². The highest BCUT2D eigenvalue weighted by Gasteiger charge is 2.29. The predicted molar refractivity (Wildman–Crippen MR) is 76.5 cm³/mol. The molecule has 2 unspecified atom stereocenters. The van der Waals surface area contributed by atoms with Crippen LogP contribution < -0.4 is 0 Å². The number of aliphatic hydroxyl groups excluding tert-OH is 1. The summed E-state index contributed by atoms with van der Waals surface area (Å²) in [6.07, 6.45) is 0.284. The lowest BCUT2D eigenvalue weighted by atomic mass is 9.92. The van der Waals surface area contributed by atoms with Crippen molar-refractivity contribution in [1.82, 2.24) is 0 Å². The second kappa shape index (κ2) is 7.73. The first-order valence-electron chi connectivity index (χ1n) is 6.30. The molecule has 5 heteroatoms. The number of rotatable bonds is 6. The number of benzene rings is 1.